The van der Waals surface area contributed by atoms with Gasteiger partial charge >= 0.3 is 0 Å². The molecule has 1 aromatic carbocycles. The van der Waals surface area contributed by atoms with Gasteiger partial charge < -0.3 is 10.4 Å². The molecule has 0 atom stereocenters. The molecule has 0 spiro atoms. The first kappa shape index (κ1) is 14.9. The van der Waals surface area contributed by atoms with Crippen molar-refractivity contribution in [2.24, 2.45) is 10.3 Å². The number of benzene rings is 1. The second kappa shape index (κ2) is 6.70. The summed E-state index contributed by atoms with van der Waals surface area (Å²) in [4.78, 5) is 2.05. The van der Waals surface area contributed by atoms with Gasteiger partial charge in [0.2, 0.25) is 0 Å². The molecule has 2 N–H and O–H groups in total. The summed E-state index contributed by atoms with van der Waals surface area (Å²) < 4.78 is 0. The van der Waals surface area contributed by atoms with Crippen molar-refractivity contribution >= 4 is 34.9 Å². The molecular formula is C12H16N2O2S2. The Hall–Kier alpha value is -1.14. The van der Waals surface area contributed by atoms with Gasteiger partial charge in [-0.05, 0) is 26.4 Å². The van der Waals surface area contributed by atoms with Crippen LogP contribution < -0.4 is 0 Å². The second-order valence-electron chi connectivity index (χ2n) is 3.60. The molecule has 98 valence electrons. The van der Waals surface area contributed by atoms with Gasteiger partial charge in [0.25, 0.3) is 0 Å². The third-order valence-electron chi connectivity index (χ3n) is 2.60. The van der Waals surface area contributed by atoms with Crippen molar-refractivity contribution in [2.75, 3.05) is 12.5 Å². The van der Waals surface area contributed by atoms with Gasteiger partial charge in [0.15, 0.2) is 0 Å². The molecule has 0 aliphatic heterocycles. The highest BCUT2D eigenvalue weighted by Crippen LogP contribution is 2.35. The maximum atomic E-state index is 8.90. The minimum absolute atomic E-state index is 0.569. The molecule has 0 bridgehead atoms. The standard InChI is InChI=1S/C12H16N2O2S2/c1-7(13-15)9-5-6-10(8(2)14-16)12(18-4)11(9)17-3/h5-6,15-16H,1-4H3/b13-7+,14-8+. The zero-order valence-corrected chi connectivity index (χ0v) is 12.4. The Kier molecular flexibility index (Phi) is 5.55. The van der Waals surface area contributed by atoms with E-state index in [-0.39, 0.29) is 0 Å². The van der Waals surface area contributed by atoms with E-state index in [1.54, 1.807) is 37.4 Å². The Morgan fingerprint density at radius 3 is 1.44 bits per heavy atom. The quantitative estimate of drug-likeness (QED) is 0.384. The fourth-order valence-electron chi connectivity index (χ4n) is 1.65. The fraction of sp³-hybridized carbons (Fsp3) is 0.333. The van der Waals surface area contributed by atoms with Crippen molar-refractivity contribution in [3.05, 3.63) is 23.3 Å². The van der Waals surface area contributed by atoms with Crippen molar-refractivity contribution in [2.45, 2.75) is 23.6 Å². The van der Waals surface area contributed by atoms with Gasteiger partial charge in [-0.1, -0.05) is 22.4 Å². The fourth-order valence-corrected chi connectivity index (χ4v) is 3.61. The van der Waals surface area contributed by atoms with Gasteiger partial charge in [-0.2, -0.15) is 0 Å². The molecule has 0 fully saturated rings. The highest BCUT2D eigenvalue weighted by molar-refractivity contribution is 8.01. The third-order valence-corrected chi connectivity index (χ3v) is 4.39. The minimum Gasteiger partial charge on any atom is -0.411 e. The van der Waals surface area contributed by atoms with Crippen LogP contribution in [0, 0.1) is 0 Å². The molecule has 6 heteroatoms. The van der Waals surface area contributed by atoms with Crippen LogP contribution in [-0.2, 0) is 0 Å². The molecule has 0 amide bonds. The van der Waals surface area contributed by atoms with Crippen LogP contribution in [0.5, 0.6) is 0 Å². The van der Waals surface area contributed by atoms with E-state index in [0.29, 0.717) is 11.4 Å². The summed E-state index contributed by atoms with van der Waals surface area (Å²) in [6, 6.07) is 3.76. The first-order valence-corrected chi connectivity index (χ1v) is 7.68. The van der Waals surface area contributed by atoms with E-state index < -0.39 is 0 Å². The predicted molar refractivity (Wildman–Crippen MR) is 78.0 cm³/mol. The summed E-state index contributed by atoms with van der Waals surface area (Å²) >= 11 is 3.17. The zero-order valence-electron chi connectivity index (χ0n) is 10.8. The monoisotopic (exact) mass is 284 g/mol. The number of thioether (sulfide) groups is 2. The summed E-state index contributed by atoms with van der Waals surface area (Å²) in [7, 11) is 0. The van der Waals surface area contributed by atoms with Gasteiger partial charge in [-0.3, -0.25) is 0 Å². The summed E-state index contributed by atoms with van der Waals surface area (Å²) in [5.74, 6) is 0. The van der Waals surface area contributed by atoms with Crippen molar-refractivity contribution in [1.29, 1.82) is 0 Å². The van der Waals surface area contributed by atoms with Crippen molar-refractivity contribution < 1.29 is 10.4 Å². The molecule has 4 nitrogen and oxygen atoms in total. The van der Waals surface area contributed by atoms with Crippen LogP contribution in [0.1, 0.15) is 25.0 Å². The van der Waals surface area contributed by atoms with Crippen LogP contribution in [0.15, 0.2) is 32.2 Å². The van der Waals surface area contributed by atoms with Crippen LogP contribution in [-0.4, -0.2) is 34.3 Å². The predicted octanol–water partition coefficient (Wildman–Crippen LogP) is 3.53. The third kappa shape index (κ3) is 2.81. The average Bonchev–Trinajstić information content (AvgIpc) is 2.43. The van der Waals surface area contributed by atoms with E-state index in [4.69, 9.17) is 10.4 Å². The first-order chi connectivity index (χ1) is 8.60. The minimum atomic E-state index is 0.569. The lowest BCUT2D eigenvalue weighted by Gasteiger charge is -2.14. The van der Waals surface area contributed by atoms with E-state index in [2.05, 4.69) is 10.3 Å². The number of hydrogen-bond donors (Lipinski definition) is 2. The molecular weight excluding hydrogens is 268 g/mol. The van der Waals surface area contributed by atoms with Crippen LogP contribution in [0.2, 0.25) is 0 Å². The highest BCUT2D eigenvalue weighted by Gasteiger charge is 2.16. The molecule has 1 aromatic rings. The number of hydrogen-bond acceptors (Lipinski definition) is 6. The largest absolute Gasteiger partial charge is 0.411 e. The zero-order chi connectivity index (χ0) is 13.7. The molecule has 0 radical (unpaired) electrons. The maximum absolute atomic E-state index is 8.90. The Morgan fingerprint density at radius 1 is 0.889 bits per heavy atom. The molecule has 0 aromatic heterocycles. The lowest BCUT2D eigenvalue weighted by molar-refractivity contribution is 0.318. The molecule has 0 heterocycles. The van der Waals surface area contributed by atoms with E-state index >= 15 is 0 Å². The Balaban J connectivity index is 3.56. The first-order valence-electron chi connectivity index (χ1n) is 5.23. The lowest BCUT2D eigenvalue weighted by atomic mass is 10.1. The van der Waals surface area contributed by atoms with Crippen LogP contribution in [0.3, 0.4) is 0 Å². The summed E-state index contributed by atoms with van der Waals surface area (Å²) in [5.41, 5.74) is 2.92. The highest BCUT2D eigenvalue weighted by atomic mass is 32.2. The Bertz CT molecular complexity index is 454. The summed E-state index contributed by atoms with van der Waals surface area (Å²) in [6.45, 7) is 3.51. The number of oxime groups is 2. The van der Waals surface area contributed by atoms with Gasteiger partial charge in [0, 0.05) is 20.9 Å². The molecule has 0 saturated heterocycles. The average molecular weight is 284 g/mol. The second-order valence-corrected chi connectivity index (χ2v) is 5.23. The van der Waals surface area contributed by atoms with E-state index in [1.807, 2.05) is 24.6 Å². The van der Waals surface area contributed by atoms with Gasteiger partial charge in [-0.15, -0.1) is 23.5 Å². The van der Waals surface area contributed by atoms with Crippen LogP contribution in [0.25, 0.3) is 0 Å². The van der Waals surface area contributed by atoms with Crippen LogP contribution in [0.4, 0.5) is 0 Å². The van der Waals surface area contributed by atoms with E-state index in [9.17, 15) is 0 Å². The SMILES string of the molecule is CSc1c(/C(C)=N/O)ccc(/C(C)=N/O)c1SC. The molecule has 0 aliphatic carbocycles. The number of nitrogens with zero attached hydrogens (tertiary/aromatic N) is 2. The summed E-state index contributed by atoms with van der Waals surface area (Å²) in [6.07, 6.45) is 3.94. The maximum Gasteiger partial charge on any atom is 0.0848 e. The van der Waals surface area contributed by atoms with Crippen molar-refractivity contribution in [3.63, 3.8) is 0 Å². The molecule has 1 rings (SSSR count). The smallest absolute Gasteiger partial charge is 0.0848 e. The Labute approximate surface area is 115 Å². The summed E-state index contributed by atoms with van der Waals surface area (Å²) in [5, 5.41) is 24.3. The van der Waals surface area contributed by atoms with Crippen molar-refractivity contribution in [3.8, 4) is 0 Å². The van der Waals surface area contributed by atoms with Gasteiger partial charge in [-0.25, -0.2) is 0 Å². The van der Waals surface area contributed by atoms with Gasteiger partial charge in [0.05, 0.1) is 11.4 Å². The molecule has 0 aliphatic rings. The van der Waals surface area contributed by atoms with Gasteiger partial charge in [0.1, 0.15) is 0 Å². The molecule has 0 saturated carbocycles. The van der Waals surface area contributed by atoms with Crippen LogP contribution >= 0.6 is 23.5 Å². The lowest BCUT2D eigenvalue weighted by Crippen LogP contribution is -2.04. The van der Waals surface area contributed by atoms with E-state index in [0.717, 1.165) is 20.9 Å². The molecule has 18 heavy (non-hydrogen) atoms. The number of rotatable bonds is 4. The van der Waals surface area contributed by atoms with E-state index in [1.165, 1.54) is 0 Å². The van der Waals surface area contributed by atoms with Crippen molar-refractivity contribution in [1.82, 2.24) is 0 Å². The normalized spacial score (nSPS) is 12.9. The topological polar surface area (TPSA) is 65.2 Å². The Morgan fingerprint density at radius 2 is 1.22 bits per heavy atom. The molecule has 0 unspecified atom stereocenters.